The fourth-order valence-electron chi connectivity index (χ4n) is 1.96. The first-order valence-electron chi connectivity index (χ1n) is 6.31. The van der Waals surface area contributed by atoms with Crippen LogP contribution in [0.1, 0.15) is 33.0 Å². The number of nitrogens with one attached hydrogen (secondary N) is 1. The van der Waals surface area contributed by atoms with E-state index in [0.717, 1.165) is 17.1 Å². The maximum absolute atomic E-state index is 11.4. The van der Waals surface area contributed by atoms with E-state index in [1.165, 1.54) is 16.0 Å². The van der Waals surface area contributed by atoms with Gasteiger partial charge in [0.2, 0.25) is 0 Å². The number of amides is 1. The number of hydrazine groups is 1. The van der Waals surface area contributed by atoms with Gasteiger partial charge in [-0.2, -0.15) is 0 Å². The molecule has 20 heavy (non-hydrogen) atoms. The third-order valence-electron chi connectivity index (χ3n) is 3.09. The number of aryl methyl sites for hydroxylation is 3. The van der Waals surface area contributed by atoms with Crippen LogP contribution in [-0.4, -0.2) is 5.91 Å². The number of hydrogen-bond acceptors (Lipinski definition) is 4. The van der Waals surface area contributed by atoms with Crippen molar-refractivity contribution in [3.63, 3.8) is 0 Å². The van der Waals surface area contributed by atoms with Crippen LogP contribution in [0.5, 0.6) is 0 Å². The van der Waals surface area contributed by atoms with Gasteiger partial charge < -0.3 is 4.42 Å². The highest BCUT2D eigenvalue weighted by molar-refractivity contribution is 7.98. The predicted octanol–water partition coefficient (Wildman–Crippen LogP) is 3.10. The van der Waals surface area contributed by atoms with Gasteiger partial charge in [0.1, 0.15) is 5.76 Å². The number of hydrogen-bond donors (Lipinski definition) is 2. The zero-order valence-corrected chi connectivity index (χ0v) is 12.6. The van der Waals surface area contributed by atoms with E-state index >= 15 is 0 Å². The lowest BCUT2D eigenvalue weighted by atomic mass is 10.2. The van der Waals surface area contributed by atoms with Crippen LogP contribution in [0.3, 0.4) is 0 Å². The molecule has 4 nitrogen and oxygen atoms in total. The first-order chi connectivity index (χ1) is 9.51. The van der Waals surface area contributed by atoms with Crippen molar-refractivity contribution in [1.82, 2.24) is 5.43 Å². The lowest BCUT2D eigenvalue weighted by Crippen LogP contribution is -2.29. The van der Waals surface area contributed by atoms with Gasteiger partial charge in [-0.05, 0) is 38.5 Å². The van der Waals surface area contributed by atoms with Crippen molar-refractivity contribution in [3.05, 3.63) is 52.5 Å². The highest BCUT2D eigenvalue weighted by Gasteiger charge is 2.13. The van der Waals surface area contributed by atoms with Crippen LogP contribution < -0.4 is 11.3 Å². The van der Waals surface area contributed by atoms with E-state index in [9.17, 15) is 4.79 Å². The summed E-state index contributed by atoms with van der Waals surface area (Å²) >= 11 is 1.73. The number of nitrogen functional groups attached to an aromatic ring is 1. The van der Waals surface area contributed by atoms with Crippen molar-refractivity contribution in [2.75, 3.05) is 0 Å². The highest BCUT2D eigenvalue weighted by Crippen LogP contribution is 2.28. The lowest BCUT2D eigenvalue weighted by Gasteiger charge is -2.05. The Kier molecular flexibility index (Phi) is 4.52. The van der Waals surface area contributed by atoms with Gasteiger partial charge in [0.05, 0.1) is 0 Å². The molecule has 0 saturated carbocycles. The molecule has 0 aliphatic heterocycles. The van der Waals surface area contributed by atoms with Gasteiger partial charge >= 0.3 is 5.91 Å². The van der Waals surface area contributed by atoms with Crippen molar-refractivity contribution in [2.24, 2.45) is 5.84 Å². The number of carbonyl (C=O) groups is 1. The summed E-state index contributed by atoms with van der Waals surface area (Å²) in [6.45, 7) is 6.04. The Balaban J connectivity index is 2.11. The normalized spacial score (nSPS) is 10.6. The van der Waals surface area contributed by atoms with Crippen molar-refractivity contribution in [1.29, 1.82) is 0 Å². The molecule has 0 saturated heterocycles. The number of nitrogens with two attached hydrogens (primary N) is 1. The predicted molar refractivity (Wildman–Crippen MR) is 80.6 cm³/mol. The standard InChI is InChI=1S/C15H18N2O2S/c1-9-4-5-14(10(2)6-9)20-8-12-7-13(15(18)17-16)19-11(12)3/h4-7H,8,16H2,1-3H3,(H,17,18). The smallest absolute Gasteiger partial charge is 0.300 e. The minimum absolute atomic E-state index is 0.251. The number of rotatable bonds is 4. The van der Waals surface area contributed by atoms with E-state index in [0.29, 0.717) is 0 Å². The molecule has 0 fully saturated rings. The van der Waals surface area contributed by atoms with Gasteiger partial charge in [-0.25, -0.2) is 5.84 Å². The molecule has 0 radical (unpaired) electrons. The quantitative estimate of drug-likeness (QED) is 0.393. The third kappa shape index (κ3) is 3.23. The number of furan rings is 1. The molecule has 0 unspecified atom stereocenters. The summed E-state index contributed by atoms with van der Waals surface area (Å²) in [5.41, 5.74) is 5.60. The van der Waals surface area contributed by atoms with Crippen LogP contribution in [0, 0.1) is 20.8 Å². The molecule has 0 aliphatic rings. The van der Waals surface area contributed by atoms with Crippen molar-refractivity contribution in [3.8, 4) is 0 Å². The van der Waals surface area contributed by atoms with Crippen LogP contribution in [0.4, 0.5) is 0 Å². The lowest BCUT2D eigenvalue weighted by molar-refractivity contribution is 0.0924. The van der Waals surface area contributed by atoms with Crippen molar-refractivity contribution >= 4 is 17.7 Å². The molecular weight excluding hydrogens is 272 g/mol. The fraction of sp³-hybridized carbons (Fsp3) is 0.267. The van der Waals surface area contributed by atoms with Gasteiger partial charge in [0.25, 0.3) is 0 Å². The van der Waals surface area contributed by atoms with E-state index in [-0.39, 0.29) is 5.76 Å². The molecule has 0 spiro atoms. The van der Waals surface area contributed by atoms with Gasteiger partial charge in [-0.1, -0.05) is 17.7 Å². The van der Waals surface area contributed by atoms with Gasteiger partial charge in [-0.15, -0.1) is 11.8 Å². The molecule has 2 rings (SSSR count). The summed E-state index contributed by atoms with van der Waals surface area (Å²) in [7, 11) is 0. The highest BCUT2D eigenvalue weighted by atomic mass is 32.2. The topological polar surface area (TPSA) is 68.3 Å². The Hall–Kier alpha value is -1.72. The molecule has 5 heteroatoms. The van der Waals surface area contributed by atoms with Crippen LogP contribution in [0.25, 0.3) is 0 Å². The van der Waals surface area contributed by atoms with Gasteiger partial charge in [0.15, 0.2) is 5.76 Å². The van der Waals surface area contributed by atoms with E-state index < -0.39 is 5.91 Å². The zero-order valence-electron chi connectivity index (χ0n) is 11.8. The summed E-state index contributed by atoms with van der Waals surface area (Å²) in [6, 6.07) is 8.13. The Bertz CT molecular complexity index is 635. The molecule has 3 N–H and O–H groups in total. The second kappa shape index (κ2) is 6.15. The summed E-state index contributed by atoms with van der Waals surface area (Å²) in [5, 5.41) is 0. The Morgan fingerprint density at radius 3 is 2.70 bits per heavy atom. The molecule has 1 heterocycles. The maximum Gasteiger partial charge on any atom is 0.300 e. The fourth-order valence-corrected chi connectivity index (χ4v) is 3.01. The van der Waals surface area contributed by atoms with Crippen LogP contribution in [0.2, 0.25) is 0 Å². The Morgan fingerprint density at radius 2 is 2.05 bits per heavy atom. The average Bonchev–Trinajstić information content (AvgIpc) is 2.78. The van der Waals surface area contributed by atoms with Gasteiger partial charge in [-0.3, -0.25) is 10.2 Å². The Labute approximate surface area is 122 Å². The third-order valence-corrected chi connectivity index (χ3v) is 4.31. The minimum atomic E-state index is -0.407. The molecule has 0 bridgehead atoms. The SMILES string of the molecule is Cc1ccc(SCc2cc(C(=O)NN)oc2C)c(C)c1. The minimum Gasteiger partial charge on any atom is -0.456 e. The summed E-state index contributed by atoms with van der Waals surface area (Å²) in [4.78, 5) is 12.6. The molecule has 2 aromatic rings. The maximum atomic E-state index is 11.4. The van der Waals surface area contributed by atoms with Gasteiger partial charge in [0, 0.05) is 16.2 Å². The molecule has 0 aliphatic carbocycles. The molecule has 1 aromatic heterocycles. The summed E-state index contributed by atoms with van der Waals surface area (Å²) in [5.74, 6) is 6.45. The second-order valence-electron chi connectivity index (χ2n) is 4.72. The molecule has 1 amide bonds. The van der Waals surface area contributed by atoms with Crippen LogP contribution in [-0.2, 0) is 5.75 Å². The second-order valence-corrected chi connectivity index (χ2v) is 5.74. The monoisotopic (exact) mass is 290 g/mol. The summed E-state index contributed by atoms with van der Waals surface area (Å²) < 4.78 is 5.40. The number of benzene rings is 1. The van der Waals surface area contributed by atoms with Crippen LogP contribution >= 0.6 is 11.8 Å². The first-order valence-corrected chi connectivity index (χ1v) is 7.30. The number of thioether (sulfide) groups is 1. The van der Waals surface area contributed by atoms with E-state index in [1.807, 2.05) is 6.92 Å². The first kappa shape index (κ1) is 14.7. The summed E-state index contributed by atoms with van der Waals surface area (Å²) in [6.07, 6.45) is 0. The average molecular weight is 290 g/mol. The number of carbonyl (C=O) groups excluding carboxylic acids is 1. The van der Waals surface area contributed by atoms with Crippen molar-refractivity contribution < 1.29 is 9.21 Å². The molecule has 1 aromatic carbocycles. The zero-order chi connectivity index (χ0) is 14.7. The van der Waals surface area contributed by atoms with E-state index in [2.05, 4.69) is 37.5 Å². The van der Waals surface area contributed by atoms with Crippen LogP contribution in [0.15, 0.2) is 33.6 Å². The van der Waals surface area contributed by atoms with E-state index in [4.69, 9.17) is 10.3 Å². The molecule has 0 atom stereocenters. The largest absolute Gasteiger partial charge is 0.456 e. The van der Waals surface area contributed by atoms with E-state index in [1.54, 1.807) is 17.8 Å². The van der Waals surface area contributed by atoms with Crippen molar-refractivity contribution in [2.45, 2.75) is 31.4 Å². The Morgan fingerprint density at radius 1 is 1.30 bits per heavy atom. The molecule has 106 valence electrons. The molecular formula is C15H18N2O2S.